The van der Waals surface area contributed by atoms with Gasteiger partial charge in [0, 0.05) is 10.0 Å². The van der Waals surface area contributed by atoms with E-state index in [1.807, 2.05) is 54.6 Å². The summed E-state index contributed by atoms with van der Waals surface area (Å²) < 4.78 is 5.17. The van der Waals surface area contributed by atoms with Crippen molar-refractivity contribution in [2.24, 2.45) is 0 Å². The van der Waals surface area contributed by atoms with Gasteiger partial charge in [0.2, 0.25) is 0 Å². The molecule has 0 saturated heterocycles. The van der Waals surface area contributed by atoms with Gasteiger partial charge < -0.3 is 4.74 Å². The standard InChI is InChI=1S/C15H12Cl2O/c1-18-14-8-9-15(17)12(10-14)5-2-11-3-6-13(16)7-4-11/h2-10H,1H3. The van der Waals surface area contributed by atoms with Crippen LogP contribution in [0.15, 0.2) is 42.5 Å². The molecule has 18 heavy (non-hydrogen) atoms. The van der Waals surface area contributed by atoms with Crippen LogP contribution in [0.1, 0.15) is 11.1 Å². The molecule has 0 bridgehead atoms. The van der Waals surface area contributed by atoms with Gasteiger partial charge in [-0.3, -0.25) is 0 Å². The van der Waals surface area contributed by atoms with E-state index in [9.17, 15) is 0 Å². The van der Waals surface area contributed by atoms with E-state index in [2.05, 4.69) is 0 Å². The second kappa shape index (κ2) is 5.94. The maximum atomic E-state index is 6.12. The minimum atomic E-state index is 0.695. The van der Waals surface area contributed by atoms with Crippen LogP contribution in [0.2, 0.25) is 10.0 Å². The van der Waals surface area contributed by atoms with Crippen molar-refractivity contribution in [3.05, 3.63) is 63.6 Å². The van der Waals surface area contributed by atoms with E-state index in [1.54, 1.807) is 7.11 Å². The van der Waals surface area contributed by atoms with Crippen LogP contribution in [0.3, 0.4) is 0 Å². The van der Waals surface area contributed by atoms with Crippen molar-refractivity contribution < 1.29 is 4.74 Å². The average molecular weight is 279 g/mol. The SMILES string of the molecule is COc1ccc(Cl)c(C=Cc2ccc(Cl)cc2)c1. The number of benzene rings is 2. The summed E-state index contributed by atoms with van der Waals surface area (Å²) in [5.41, 5.74) is 1.99. The van der Waals surface area contributed by atoms with Gasteiger partial charge in [-0.25, -0.2) is 0 Å². The largest absolute Gasteiger partial charge is 0.497 e. The first-order valence-electron chi connectivity index (χ1n) is 5.46. The van der Waals surface area contributed by atoms with Crippen LogP contribution in [-0.2, 0) is 0 Å². The molecule has 0 amide bonds. The van der Waals surface area contributed by atoms with Gasteiger partial charge in [0.05, 0.1) is 7.11 Å². The molecule has 0 spiro atoms. The third-order valence-corrected chi connectivity index (χ3v) is 3.12. The van der Waals surface area contributed by atoms with Crippen LogP contribution in [0.4, 0.5) is 0 Å². The lowest BCUT2D eigenvalue weighted by atomic mass is 10.1. The lowest BCUT2D eigenvalue weighted by Gasteiger charge is -2.03. The molecule has 2 aromatic rings. The van der Waals surface area contributed by atoms with Crippen LogP contribution in [0.25, 0.3) is 12.2 Å². The number of halogens is 2. The zero-order valence-electron chi connectivity index (χ0n) is 9.86. The summed E-state index contributed by atoms with van der Waals surface area (Å²) in [4.78, 5) is 0. The van der Waals surface area contributed by atoms with Gasteiger partial charge in [-0.1, -0.05) is 47.5 Å². The highest BCUT2D eigenvalue weighted by atomic mass is 35.5. The third kappa shape index (κ3) is 3.28. The Morgan fingerprint density at radius 2 is 1.67 bits per heavy atom. The molecule has 92 valence electrons. The van der Waals surface area contributed by atoms with E-state index in [4.69, 9.17) is 27.9 Å². The summed E-state index contributed by atoms with van der Waals surface area (Å²) in [6.07, 6.45) is 3.94. The van der Waals surface area contributed by atoms with Crippen molar-refractivity contribution in [3.63, 3.8) is 0 Å². The van der Waals surface area contributed by atoms with Crippen molar-refractivity contribution in [2.75, 3.05) is 7.11 Å². The highest BCUT2D eigenvalue weighted by molar-refractivity contribution is 6.32. The molecule has 0 heterocycles. The normalized spacial score (nSPS) is 10.8. The molecule has 0 aromatic heterocycles. The Hall–Kier alpha value is -1.44. The average Bonchev–Trinajstić information content (AvgIpc) is 2.40. The summed E-state index contributed by atoms with van der Waals surface area (Å²) >= 11 is 11.9. The number of rotatable bonds is 3. The van der Waals surface area contributed by atoms with Crippen molar-refractivity contribution in [3.8, 4) is 5.75 Å². The summed E-state index contributed by atoms with van der Waals surface area (Å²) in [6, 6.07) is 13.2. The Labute approximate surface area is 117 Å². The highest BCUT2D eigenvalue weighted by Crippen LogP contribution is 2.24. The van der Waals surface area contributed by atoms with E-state index in [-0.39, 0.29) is 0 Å². The lowest BCUT2D eigenvalue weighted by molar-refractivity contribution is 0.414. The molecule has 0 aliphatic carbocycles. The fraction of sp³-hybridized carbons (Fsp3) is 0.0667. The number of hydrogen-bond donors (Lipinski definition) is 0. The van der Waals surface area contributed by atoms with Crippen molar-refractivity contribution in [2.45, 2.75) is 0 Å². The van der Waals surface area contributed by atoms with E-state index in [0.717, 1.165) is 21.9 Å². The molecular weight excluding hydrogens is 267 g/mol. The molecule has 0 aliphatic heterocycles. The van der Waals surface area contributed by atoms with Crippen LogP contribution in [0, 0.1) is 0 Å². The van der Waals surface area contributed by atoms with Crippen LogP contribution in [0.5, 0.6) is 5.75 Å². The molecule has 0 aliphatic rings. The first-order chi connectivity index (χ1) is 8.69. The fourth-order valence-electron chi connectivity index (χ4n) is 1.54. The van der Waals surface area contributed by atoms with Crippen molar-refractivity contribution >= 4 is 35.4 Å². The number of hydrogen-bond acceptors (Lipinski definition) is 1. The third-order valence-electron chi connectivity index (χ3n) is 2.53. The Kier molecular flexibility index (Phi) is 4.29. The summed E-state index contributed by atoms with van der Waals surface area (Å²) in [7, 11) is 1.63. The van der Waals surface area contributed by atoms with E-state index in [0.29, 0.717) is 5.02 Å². The summed E-state index contributed by atoms with van der Waals surface area (Å²) in [5, 5.41) is 1.42. The van der Waals surface area contributed by atoms with Crippen LogP contribution in [-0.4, -0.2) is 7.11 Å². The van der Waals surface area contributed by atoms with Crippen LogP contribution >= 0.6 is 23.2 Å². The quantitative estimate of drug-likeness (QED) is 0.704. The molecule has 0 unspecified atom stereocenters. The summed E-state index contributed by atoms with van der Waals surface area (Å²) in [5.74, 6) is 0.787. The molecule has 2 rings (SSSR count). The monoisotopic (exact) mass is 278 g/mol. The maximum absolute atomic E-state index is 6.12. The van der Waals surface area contributed by atoms with Crippen LogP contribution < -0.4 is 4.74 Å². The topological polar surface area (TPSA) is 9.23 Å². The summed E-state index contributed by atoms with van der Waals surface area (Å²) in [6.45, 7) is 0. The minimum absolute atomic E-state index is 0.695. The Morgan fingerprint density at radius 1 is 0.944 bits per heavy atom. The molecule has 0 fully saturated rings. The predicted molar refractivity (Wildman–Crippen MR) is 78.4 cm³/mol. The van der Waals surface area contributed by atoms with Gasteiger partial charge in [0.1, 0.15) is 5.75 Å². The predicted octanol–water partition coefficient (Wildman–Crippen LogP) is 5.17. The smallest absolute Gasteiger partial charge is 0.119 e. The number of methoxy groups -OCH3 is 1. The molecule has 0 saturated carbocycles. The second-order valence-electron chi connectivity index (χ2n) is 3.77. The zero-order valence-corrected chi connectivity index (χ0v) is 11.4. The number of ether oxygens (including phenoxy) is 1. The van der Waals surface area contributed by atoms with Gasteiger partial charge in [0.15, 0.2) is 0 Å². The second-order valence-corrected chi connectivity index (χ2v) is 4.62. The van der Waals surface area contributed by atoms with E-state index in [1.165, 1.54) is 0 Å². The molecule has 3 heteroatoms. The highest BCUT2D eigenvalue weighted by Gasteiger charge is 1.99. The van der Waals surface area contributed by atoms with E-state index >= 15 is 0 Å². The van der Waals surface area contributed by atoms with Crippen molar-refractivity contribution in [1.82, 2.24) is 0 Å². The molecule has 0 N–H and O–H groups in total. The van der Waals surface area contributed by atoms with Gasteiger partial charge >= 0.3 is 0 Å². The molecule has 0 radical (unpaired) electrons. The first-order valence-corrected chi connectivity index (χ1v) is 6.22. The van der Waals surface area contributed by atoms with E-state index < -0.39 is 0 Å². The van der Waals surface area contributed by atoms with Crippen molar-refractivity contribution in [1.29, 1.82) is 0 Å². The Balaban J connectivity index is 2.25. The fourth-order valence-corrected chi connectivity index (χ4v) is 1.84. The van der Waals surface area contributed by atoms with Gasteiger partial charge in [-0.15, -0.1) is 0 Å². The lowest BCUT2D eigenvalue weighted by Crippen LogP contribution is -1.83. The molecular formula is C15H12Cl2O. The van der Waals surface area contributed by atoms with Gasteiger partial charge in [0.25, 0.3) is 0 Å². The van der Waals surface area contributed by atoms with Gasteiger partial charge in [-0.05, 0) is 41.5 Å². The minimum Gasteiger partial charge on any atom is -0.497 e. The first kappa shape index (κ1) is 13.0. The Morgan fingerprint density at radius 3 is 2.33 bits per heavy atom. The maximum Gasteiger partial charge on any atom is 0.119 e. The molecule has 0 atom stereocenters. The van der Waals surface area contributed by atoms with Gasteiger partial charge in [-0.2, -0.15) is 0 Å². The zero-order chi connectivity index (χ0) is 13.0. The Bertz CT molecular complexity index is 559. The molecule has 2 aromatic carbocycles. The molecule has 1 nitrogen and oxygen atoms in total.